The maximum absolute atomic E-state index is 10.2. The van der Waals surface area contributed by atoms with Crippen LogP contribution in [-0.4, -0.2) is 14.9 Å². The third-order valence-electron chi connectivity index (χ3n) is 2.61. The minimum atomic E-state index is -0.0671. The highest BCUT2D eigenvalue weighted by atomic mass is 16.3. The first-order valence-corrected chi connectivity index (χ1v) is 6.06. The number of hydrogen-bond acceptors (Lipinski definition) is 2. The Hall–Kier alpha value is -0.990. The normalized spacial score (nSPS) is 12.4. The van der Waals surface area contributed by atoms with Crippen LogP contribution in [0.15, 0.2) is 0 Å². The minimum Gasteiger partial charge on any atom is -0.504 e. The molecule has 1 aromatic rings. The van der Waals surface area contributed by atoms with Crippen LogP contribution in [0, 0.1) is 5.92 Å². The monoisotopic (exact) mass is 224 g/mol. The zero-order chi connectivity index (χ0) is 12.5. The van der Waals surface area contributed by atoms with E-state index in [4.69, 9.17) is 0 Å². The van der Waals surface area contributed by atoms with Gasteiger partial charge in [-0.05, 0) is 19.3 Å². The summed E-state index contributed by atoms with van der Waals surface area (Å²) >= 11 is 0. The van der Waals surface area contributed by atoms with Crippen molar-refractivity contribution < 1.29 is 5.11 Å². The number of aromatic hydroxyl groups is 1. The van der Waals surface area contributed by atoms with Crippen LogP contribution in [0.1, 0.15) is 52.9 Å². The molecule has 0 radical (unpaired) electrons. The summed E-state index contributed by atoms with van der Waals surface area (Å²) in [5.74, 6) is 0.905. The highest BCUT2D eigenvalue weighted by molar-refractivity contribution is 5.37. The van der Waals surface area contributed by atoms with Gasteiger partial charge in [-0.3, -0.25) is 4.68 Å². The molecule has 16 heavy (non-hydrogen) atoms. The van der Waals surface area contributed by atoms with Crippen LogP contribution in [-0.2, 0) is 18.4 Å². The largest absolute Gasteiger partial charge is 0.504 e. The molecule has 0 amide bonds. The second kappa shape index (κ2) is 4.48. The molecule has 0 aliphatic rings. The molecule has 0 bridgehead atoms. The van der Waals surface area contributed by atoms with Gasteiger partial charge in [0.25, 0.3) is 0 Å². The fourth-order valence-electron chi connectivity index (χ4n) is 2.00. The summed E-state index contributed by atoms with van der Waals surface area (Å²) in [6, 6.07) is 0. The van der Waals surface area contributed by atoms with Crippen molar-refractivity contribution in [2.24, 2.45) is 5.92 Å². The molecule has 3 heteroatoms. The van der Waals surface area contributed by atoms with Crippen molar-refractivity contribution in [3.63, 3.8) is 0 Å². The number of hydrogen-bond donors (Lipinski definition) is 1. The van der Waals surface area contributed by atoms with Gasteiger partial charge in [0.05, 0.1) is 5.69 Å². The molecule has 0 aromatic carbocycles. The molecule has 1 rings (SSSR count). The summed E-state index contributed by atoms with van der Waals surface area (Å²) in [4.78, 5) is 0. The van der Waals surface area contributed by atoms with Gasteiger partial charge in [0.1, 0.15) is 5.69 Å². The maximum Gasteiger partial charge on any atom is 0.160 e. The molecular weight excluding hydrogens is 200 g/mol. The van der Waals surface area contributed by atoms with E-state index >= 15 is 0 Å². The first-order chi connectivity index (χ1) is 7.27. The Balaban J connectivity index is 3.22. The van der Waals surface area contributed by atoms with Gasteiger partial charge in [0, 0.05) is 12.0 Å². The SMILES string of the molecule is CCn1nc(CC(C)C)c(O)c1C(C)(C)C. The lowest BCUT2D eigenvalue weighted by atomic mass is 9.90. The lowest BCUT2D eigenvalue weighted by Gasteiger charge is -2.20. The fourth-order valence-corrected chi connectivity index (χ4v) is 2.00. The van der Waals surface area contributed by atoms with Crippen LogP contribution in [0.2, 0.25) is 0 Å². The van der Waals surface area contributed by atoms with Gasteiger partial charge in [-0.2, -0.15) is 5.10 Å². The summed E-state index contributed by atoms with van der Waals surface area (Å²) in [6.07, 6.45) is 0.835. The maximum atomic E-state index is 10.2. The Morgan fingerprint density at radius 2 is 1.88 bits per heavy atom. The van der Waals surface area contributed by atoms with Crippen molar-refractivity contribution in [3.8, 4) is 5.75 Å². The number of rotatable bonds is 3. The van der Waals surface area contributed by atoms with Crippen LogP contribution < -0.4 is 0 Å². The number of aromatic nitrogens is 2. The first-order valence-electron chi connectivity index (χ1n) is 6.06. The Morgan fingerprint density at radius 3 is 2.19 bits per heavy atom. The highest BCUT2D eigenvalue weighted by Gasteiger charge is 2.26. The molecule has 0 unspecified atom stereocenters. The van der Waals surface area contributed by atoms with Gasteiger partial charge in [0.2, 0.25) is 0 Å². The van der Waals surface area contributed by atoms with Crippen molar-refractivity contribution in [1.82, 2.24) is 9.78 Å². The Kier molecular flexibility index (Phi) is 3.66. The van der Waals surface area contributed by atoms with E-state index in [1.54, 1.807) is 0 Å². The van der Waals surface area contributed by atoms with Gasteiger partial charge < -0.3 is 5.11 Å². The van der Waals surface area contributed by atoms with Crippen LogP contribution in [0.3, 0.4) is 0 Å². The summed E-state index contributed by atoms with van der Waals surface area (Å²) in [6.45, 7) is 13.5. The first kappa shape index (κ1) is 13.1. The van der Waals surface area contributed by atoms with E-state index in [-0.39, 0.29) is 5.41 Å². The van der Waals surface area contributed by atoms with Crippen LogP contribution in [0.4, 0.5) is 0 Å². The second-order valence-corrected chi connectivity index (χ2v) is 5.81. The molecule has 0 atom stereocenters. The van der Waals surface area contributed by atoms with E-state index < -0.39 is 0 Å². The summed E-state index contributed by atoms with van der Waals surface area (Å²) < 4.78 is 1.92. The third-order valence-corrected chi connectivity index (χ3v) is 2.61. The molecule has 92 valence electrons. The van der Waals surface area contributed by atoms with E-state index in [0.717, 1.165) is 24.4 Å². The van der Waals surface area contributed by atoms with E-state index in [0.29, 0.717) is 11.7 Å². The van der Waals surface area contributed by atoms with Crippen LogP contribution in [0.25, 0.3) is 0 Å². The average molecular weight is 224 g/mol. The summed E-state index contributed by atoms with van der Waals surface area (Å²) in [5, 5.41) is 14.7. The van der Waals surface area contributed by atoms with Crippen molar-refractivity contribution in [3.05, 3.63) is 11.4 Å². The smallest absolute Gasteiger partial charge is 0.160 e. The molecule has 0 saturated heterocycles. The molecule has 3 nitrogen and oxygen atoms in total. The lowest BCUT2D eigenvalue weighted by Crippen LogP contribution is -2.18. The third kappa shape index (κ3) is 2.57. The standard InChI is InChI=1S/C13H24N2O/c1-7-15-12(13(4,5)6)11(16)10(14-15)8-9(2)3/h9,16H,7-8H2,1-6H3. The molecule has 0 aliphatic heterocycles. The Labute approximate surface area is 98.5 Å². The van der Waals surface area contributed by atoms with Crippen molar-refractivity contribution in [1.29, 1.82) is 0 Å². The van der Waals surface area contributed by atoms with E-state index in [2.05, 4.69) is 46.6 Å². The Bertz CT molecular complexity index is 359. The second-order valence-electron chi connectivity index (χ2n) is 5.81. The van der Waals surface area contributed by atoms with Gasteiger partial charge in [-0.1, -0.05) is 34.6 Å². The van der Waals surface area contributed by atoms with E-state index in [9.17, 15) is 5.11 Å². The molecule has 0 saturated carbocycles. The predicted molar refractivity (Wildman–Crippen MR) is 66.8 cm³/mol. The molecule has 1 N–H and O–H groups in total. The number of aryl methyl sites for hydroxylation is 1. The Morgan fingerprint density at radius 1 is 1.31 bits per heavy atom. The zero-order valence-electron chi connectivity index (χ0n) is 11.3. The predicted octanol–water partition coefficient (Wildman–Crippen LogP) is 3.10. The molecule has 1 aromatic heterocycles. The van der Waals surface area contributed by atoms with Gasteiger partial charge in [-0.25, -0.2) is 0 Å². The van der Waals surface area contributed by atoms with Gasteiger partial charge in [-0.15, -0.1) is 0 Å². The van der Waals surface area contributed by atoms with Crippen molar-refractivity contribution in [2.45, 2.75) is 59.9 Å². The topological polar surface area (TPSA) is 38.0 Å². The van der Waals surface area contributed by atoms with E-state index in [1.165, 1.54) is 0 Å². The van der Waals surface area contributed by atoms with Crippen LogP contribution >= 0.6 is 0 Å². The van der Waals surface area contributed by atoms with Gasteiger partial charge in [0.15, 0.2) is 5.75 Å². The molecule has 1 heterocycles. The summed E-state index contributed by atoms with van der Waals surface area (Å²) in [5.41, 5.74) is 1.72. The average Bonchev–Trinajstić information content (AvgIpc) is 2.41. The van der Waals surface area contributed by atoms with Crippen LogP contribution in [0.5, 0.6) is 5.75 Å². The molecule has 0 fully saturated rings. The quantitative estimate of drug-likeness (QED) is 0.856. The van der Waals surface area contributed by atoms with E-state index in [1.807, 2.05) is 4.68 Å². The summed E-state index contributed by atoms with van der Waals surface area (Å²) in [7, 11) is 0. The zero-order valence-corrected chi connectivity index (χ0v) is 11.3. The van der Waals surface area contributed by atoms with Gasteiger partial charge >= 0.3 is 0 Å². The lowest BCUT2D eigenvalue weighted by molar-refractivity contribution is 0.424. The van der Waals surface area contributed by atoms with Crippen molar-refractivity contribution in [2.75, 3.05) is 0 Å². The van der Waals surface area contributed by atoms with Crippen molar-refractivity contribution >= 4 is 0 Å². The molecule has 0 spiro atoms. The minimum absolute atomic E-state index is 0.0671. The highest BCUT2D eigenvalue weighted by Crippen LogP contribution is 2.34. The number of nitrogens with zero attached hydrogens (tertiary/aromatic N) is 2. The molecular formula is C13H24N2O. The molecule has 0 aliphatic carbocycles. The fraction of sp³-hybridized carbons (Fsp3) is 0.769.